The number of rotatable bonds is 6. The third-order valence-electron chi connectivity index (χ3n) is 4.86. The number of nitrogens with one attached hydrogen (secondary N) is 1. The zero-order valence-corrected chi connectivity index (χ0v) is 15.8. The van der Waals surface area contributed by atoms with E-state index in [2.05, 4.69) is 4.72 Å². The summed E-state index contributed by atoms with van der Waals surface area (Å²) >= 11 is 0. The van der Waals surface area contributed by atoms with Crippen LogP contribution >= 0.6 is 0 Å². The summed E-state index contributed by atoms with van der Waals surface area (Å²) in [5.41, 5.74) is -0.571. The van der Waals surface area contributed by atoms with Gasteiger partial charge in [0.25, 0.3) is 0 Å². The summed E-state index contributed by atoms with van der Waals surface area (Å²) in [7, 11) is -7.08. The second kappa shape index (κ2) is 6.53. The van der Waals surface area contributed by atoms with Crippen molar-refractivity contribution < 1.29 is 21.9 Å². The van der Waals surface area contributed by atoms with E-state index in [4.69, 9.17) is 0 Å². The minimum Gasteiger partial charge on any atom is -0.389 e. The van der Waals surface area contributed by atoms with Crippen LogP contribution in [0.5, 0.6) is 0 Å². The summed E-state index contributed by atoms with van der Waals surface area (Å²) in [6.45, 7) is 2.01. The molecule has 3 rings (SSSR count). The highest BCUT2D eigenvalue weighted by atomic mass is 32.2. The minimum absolute atomic E-state index is 0.0394. The highest BCUT2D eigenvalue weighted by molar-refractivity contribution is 7.92. The molecule has 1 aromatic carbocycles. The molecule has 7 nitrogen and oxygen atoms in total. The van der Waals surface area contributed by atoms with Crippen LogP contribution in [0, 0.1) is 5.92 Å². The summed E-state index contributed by atoms with van der Waals surface area (Å²) in [5.74, 6) is 0.257. The fraction of sp³-hybridized carbons (Fsp3) is 0.625. The van der Waals surface area contributed by atoms with Gasteiger partial charge in [0, 0.05) is 13.1 Å². The highest BCUT2D eigenvalue weighted by Gasteiger charge is 2.40. The Hall–Kier alpha value is -1.16. The monoisotopic (exact) mass is 388 g/mol. The fourth-order valence-corrected chi connectivity index (χ4v) is 5.83. The second-order valence-corrected chi connectivity index (χ2v) is 10.8. The van der Waals surface area contributed by atoms with Crippen LogP contribution < -0.4 is 9.03 Å². The zero-order chi connectivity index (χ0) is 18.3. The summed E-state index contributed by atoms with van der Waals surface area (Å²) < 4.78 is 52.8. The van der Waals surface area contributed by atoms with Gasteiger partial charge >= 0.3 is 0 Å². The number of hydrogen-bond donors (Lipinski definition) is 2. The number of anilines is 1. The number of aliphatic hydroxyl groups is 1. The SMILES string of the molecule is C[C@](O)(CNS(=O)(=O)c1ccc(N2CCCCS2(=O)=O)cc1)C1CC1. The Morgan fingerprint density at radius 2 is 1.88 bits per heavy atom. The molecule has 140 valence electrons. The standard InChI is InChI=1S/C16H24N2O5S2/c1-16(19,13-4-5-13)12-17-25(22,23)15-8-6-14(7-9-15)18-10-2-3-11-24(18,20)21/h6-9,13,17,19H,2-5,10-12H2,1H3/t16-/m0/s1. The Labute approximate surface area is 149 Å². The van der Waals surface area contributed by atoms with E-state index < -0.39 is 25.6 Å². The van der Waals surface area contributed by atoms with Crippen molar-refractivity contribution in [2.75, 3.05) is 23.1 Å². The van der Waals surface area contributed by atoms with Gasteiger partial charge in [-0.1, -0.05) is 0 Å². The van der Waals surface area contributed by atoms with E-state index in [9.17, 15) is 21.9 Å². The lowest BCUT2D eigenvalue weighted by Gasteiger charge is -2.28. The lowest BCUT2D eigenvalue weighted by molar-refractivity contribution is 0.0422. The van der Waals surface area contributed by atoms with Crippen molar-refractivity contribution in [3.05, 3.63) is 24.3 Å². The van der Waals surface area contributed by atoms with Crippen LogP contribution in [-0.4, -0.2) is 46.4 Å². The first kappa shape index (κ1) is 18.6. The van der Waals surface area contributed by atoms with Gasteiger partial charge in [0.2, 0.25) is 20.0 Å². The van der Waals surface area contributed by atoms with Gasteiger partial charge in [-0.3, -0.25) is 4.31 Å². The average Bonchev–Trinajstić information content (AvgIpc) is 3.38. The van der Waals surface area contributed by atoms with Crippen LogP contribution in [0.15, 0.2) is 29.2 Å². The van der Waals surface area contributed by atoms with Gasteiger partial charge in [-0.15, -0.1) is 0 Å². The van der Waals surface area contributed by atoms with Crippen LogP contribution in [-0.2, 0) is 20.0 Å². The first-order chi connectivity index (χ1) is 11.6. The molecule has 0 bridgehead atoms. The molecule has 1 aliphatic carbocycles. The van der Waals surface area contributed by atoms with Crippen molar-refractivity contribution in [3.8, 4) is 0 Å². The molecule has 1 aromatic rings. The first-order valence-corrected chi connectivity index (χ1v) is 11.5. The Kier molecular flexibility index (Phi) is 4.87. The van der Waals surface area contributed by atoms with Crippen molar-refractivity contribution in [1.29, 1.82) is 0 Å². The molecule has 1 saturated heterocycles. The zero-order valence-electron chi connectivity index (χ0n) is 14.2. The van der Waals surface area contributed by atoms with E-state index >= 15 is 0 Å². The summed E-state index contributed by atoms with van der Waals surface area (Å²) in [6.07, 6.45) is 3.26. The molecule has 0 amide bonds. The van der Waals surface area contributed by atoms with E-state index in [1.807, 2.05) is 0 Å². The van der Waals surface area contributed by atoms with E-state index in [0.29, 0.717) is 18.7 Å². The average molecular weight is 389 g/mol. The maximum absolute atomic E-state index is 12.4. The van der Waals surface area contributed by atoms with Gasteiger partial charge in [-0.05, 0) is 62.8 Å². The number of benzene rings is 1. The normalized spacial score (nSPS) is 23.2. The molecule has 2 aliphatic rings. The summed E-state index contributed by atoms with van der Waals surface area (Å²) in [6, 6.07) is 5.81. The first-order valence-electron chi connectivity index (χ1n) is 8.44. The molecule has 25 heavy (non-hydrogen) atoms. The predicted octanol–water partition coefficient (Wildman–Crippen LogP) is 1.06. The summed E-state index contributed by atoms with van der Waals surface area (Å²) in [5, 5.41) is 10.2. The predicted molar refractivity (Wildman–Crippen MR) is 95.3 cm³/mol. The van der Waals surface area contributed by atoms with Crippen molar-refractivity contribution in [2.45, 2.75) is 43.1 Å². The van der Waals surface area contributed by atoms with Crippen molar-refractivity contribution >= 4 is 25.7 Å². The highest BCUT2D eigenvalue weighted by Crippen LogP contribution is 2.39. The molecule has 9 heteroatoms. The molecule has 0 aromatic heterocycles. The molecular weight excluding hydrogens is 364 g/mol. The second-order valence-electron chi connectivity index (χ2n) is 7.05. The lowest BCUT2D eigenvalue weighted by Crippen LogP contribution is -2.42. The van der Waals surface area contributed by atoms with Gasteiger partial charge in [-0.2, -0.15) is 0 Å². The van der Waals surface area contributed by atoms with E-state index in [1.54, 1.807) is 6.92 Å². The summed E-state index contributed by atoms with van der Waals surface area (Å²) in [4.78, 5) is 0.0530. The molecule has 1 heterocycles. The van der Waals surface area contributed by atoms with Gasteiger partial charge in [0.15, 0.2) is 0 Å². The maximum atomic E-state index is 12.4. The molecule has 1 aliphatic heterocycles. The molecule has 1 atom stereocenters. The Balaban J connectivity index is 1.72. The van der Waals surface area contributed by atoms with E-state index in [-0.39, 0.29) is 23.1 Å². The Morgan fingerprint density at radius 1 is 1.24 bits per heavy atom. The van der Waals surface area contributed by atoms with Crippen molar-refractivity contribution in [2.24, 2.45) is 5.92 Å². The molecule has 0 spiro atoms. The molecule has 0 unspecified atom stereocenters. The van der Waals surface area contributed by atoms with Gasteiger partial charge in [0.05, 0.1) is 21.9 Å². The Morgan fingerprint density at radius 3 is 2.44 bits per heavy atom. The molecule has 2 fully saturated rings. The van der Waals surface area contributed by atoms with Crippen molar-refractivity contribution in [1.82, 2.24) is 4.72 Å². The fourth-order valence-electron chi connectivity index (χ4n) is 3.04. The quantitative estimate of drug-likeness (QED) is 0.758. The Bertz CT molecular complexity index is 828. The van der Waals surface area contributed by atoms with Crippen LogP contribution in [0.2, 0.25) is 0 Å². The van der Waals surface area contributed by atoms with E-state index in [0.717, 1.165) is 19.3 Å². The number of sulfonamides is 2. The minimum atomic E-state index is -3.75. The van der Waals surface area contributed by atoms with E-state index in [1.165, 1.54) is 28.6 Å². The molecule has 1 saturated carbocycles. The topological polar surface area (TPSA) is 104 Å². The van der Waals surface area contributed by atoms with Crippen LogP contribution in [0.3, 0.4) is 0 Å². The van der Waals surface area contributed by atoms with Crippen LogP contribution in [0.1, 0.15) is 32.6 Å². The van der Waals surface area contributed by atoms with Gasteiger partial charge < -0.3 is 5.11 Å². The largest absolute Gasteiger partial charge is 0.389 e. The van der Waals surface area contributed by atoms with Crippen molar-refractivity contribution in [3.63, 3.8) is 0 Å². The van der Waals surface area contributed by atoms with Crippen LogP contribution in [0.4, 0.5) is 5.69 Å². The third kappa shape index (κ3) is 4.16. The number of hydrogen-bond acceptors (Lipinski definition) is 5. The smallest absolute Gasteiger partial charge is 0.240 e. The number of nitrogens with zero attached hydrogens (tertiary/aromatic N) is 1. The van der Waals surface area contributed by atoms with Gasteiger partial charge in [0.1, 0.15) is 0 Å². The van der Waals surface area contributed by atoms with Gasteiger partial charge in [-0.25, -0.2) is 21.6 Å². The lowest BCUT2D eigenvalue weighted by atomic mass is 10.0. The molecule has 2 N–H and O–H groups in total. The molecule has 0 radical (unpaired) electrons. The maximum Gasteiger partial charge on any atom is 0.240 e. The third-order valence-corrected chi connectivity index (χ3v) is 8.15. The molecular formula is C16H24N2O5S2. The van der Waals surface area contributed by atoms with Crippen LogP contribution in [0.25, 0.3) is 0 Å².